The van der Waals surface area contributed by atoms with Crippen LogP contribution in [0.4, 0.5) is 5.69 Å². The van der Waals surface area contributed by atoms with E-state index in [4.69, 9.17) is 21.1 Å². The molecular formula is C24H22ClN3O4. The van der Waals surface area contributed by atoms with Crippen LogP contribution in [0.25, 0.3) is 0 Å². The Kier molecular flexibility index (Phi) is 7.83. The molecule has 0 radical (unpaired) electrons. The Hall–Kier alpha value is -3.84. The first-order valence-corrected chi connectivity index (χ1v) is 10.1. The van der Waals surface area contributed by atoms with Crippen LogP contribution in [0.15, 0.2) is 71.8 Å². The lowest BCUT2D eigenvalue weighted by Gasteiger charge is -2.10. The molecule has 0 bridgehead atoms. The highest BCUT2D eigenvalue weighted by Crippen LogP contribution is 2.23. The summed E-state index contributed by atoms with van der Waals surface area (Å²) < 4.78 is 10.5. The largest absolute Gasteiger partial charge is 0.497 e. The number of nitrogens with zero attached hydrogens (tertiary/aromatic N) is 1. The highest BCUT2D eigenvalue weighted by atomic mass is 35.5. The summed E-state index contributed by atoms with van der Waals surface area (Å²) in [5, 5.41) is 7.30. The number of carbonyl (C=O) groups is 2. The van der Waals surface area contributed by atoms with Crippen molar-refractivity contribution >= 4 is 35.3 Å². The molecule has 0 aliphatic rings. The summed E-state index contributed by atoms with van der Waals surface area (Å²) in [6.45, 7) is 1.62. The summed E-state index contributed by atoms with van der Waals surface area (Å²) in [6.07, 6.45) is 1.52. The van der Waals surface area contributed by atoms with Gasteiger partial charge in [0, 0.05) is 16.3 Å². The number of hydrogen-bond donors (Lipinski definition) is 2. The van der Waals surface area contributed by atoms with Crippen molar-refractivity contribution in [2.75, 3.05) is 19.0 Å². The van der Waals surface area contributed by atoms with Crippen LogP contribution in [0.3, 0.4) is 0 Å². The Morgan fingerprint density at radius 3 is 2.38 bits per heavy atom. The molecule has 3 aromatic rings. The number of hydrazone groups is 1. The van der Waals surface area contributed by atoms with Crippen LogP contribution in [-0.4, -0.2) is 31.7 Å². The minimum Gasteiger partial charge on any atom is -0.497 e. The maximum atomic E-state index is 12.4. The van der Waals surface area contributed by atoms with E-state index in [-0.39, 0.29) is 12.5 Å². The van der Waals surface area contributed by atoms with Gasteiger partial charge in [-0.2, -0.15) is 5.10 Å². The van der Waals surface area contributed by atoms with Crippen LogP contribution >= 0.6 is 11.6 Å². The molecule has 0 atom stereocenters. The van der Waals surface area contributed by atoms with Crippen LogP contribution in [0.5, 0.6) is 11.5 Å². The van der Waals surface area contributed by atoms with Crippen molar-refractivity contribution < 1.29 is 19.1 Å². The van der Waals surface area contributed by atoms with Gasteiger partial charge < -0.3 is 14.8 Å². The van der Waals surface area contributed by atoms with E-state index in [2.05, 4.69) is 15.8 Å². The van der Waals surface area contributed by atoms with Gasteiger partial charge in [-0.05, 0) is 78.7 Å². The molecule has 8 heteroatoms. The molecule has 32 heavy (non-hydrogen) atoms. The van der Waals surface area contributed by atoms with E-state index >= 15 is 0 Å². The first kappa shape index (κ1) is 22.8. The Morgan fingerprint density at radius 2 is 1.69 bits per heavy atom. The zero-order valence-corrected chi connectivity index (χ0v) is 18.3. The molecule has 0 aromatic heterocycles. The quantitative estimate of drug-likeness (QED) is 0.391. The molecular weight excluding hydrogens is 430 g/mol. The van der Waals surface area contributed by atoms with Gasteiger partial charge in [-0.25, -0.2) is 5.43 Å². The Labute approximate surface area is 191 Å². The number of nitrogens with one attached hydrogen (secondary N) is 2. The molecule has 164 valence electrons. The molecule has 3 aromatic carbocycles. The van der Waals surface area contributed by atoms with Gasteiger partial charge >= 0.3 is 0 Å². The minimum absolute atomic E-state index is 0.215. The van der Waals surface area contributed by atoms with Gasteiger partial charge in [0.1, 0.15) is 11.5 Å². The number of anilines is 1. The molecule has 0 unspecified atom stereocenters. The molecule has 0 fully saturated rings. The Bertz CT molecular complexity index is 1110. The van der Waals surface area contributed by atoms with Gasteiger partial charge in [0.25, 0.3) is 11.8 Å². The number of hydrogen-bond acceptors (Lipinski definition) is 5. The summed E-state index contributed by atoms with van der Waals surface area (Å²) in [7, 11) is 1.59. The van der Waals surface area contributed by atoms with E-state index in [1.54, 1.807) is 61.7 Å². The number of rotatable bonds is 8. The lowest BCUT2D eigenvalue weighted by molar-refractivity contribution is -0.123. The van der Waals surface area contributed by atoms with Crippen molar-refractivity contribution in [1.82, 2.24) is 5.43 Å². The molecule has 0 saturated carbocycles. The number of halogens is 1. The molecule has 0 spiro atoms. The number of carbonyl (C=O) groups excluding carboxylic acids is 2. The van der Waals surface area contributed by atoms with Crippen molar-refractivity contribution in [3.05, 3.63) is 88.4 Å². The van der Waals surface area contributed by atoms with Crippen LogP contribution < -0.4 is 20.2 Å². The fourth-order valence-corrected chi connectivity index (χ4v) is 2.86. The zero-order chi connectivity index (χ0) is 22.9. The monoisotopic (exact) mass is 451 g/mol. The highest BCUT2D eigenvalue weighted by Gasteiger charge is 2.10. The summed E-state index contributed by atoms with van der Waals surface area (Å²) in [6, 6.07) is 19.0. The van der Waals surface area contributed by atoms with E-state index in [0.717, 1.165) is 16.9 Å². The first-order chi connectivity index (χ1) is 15.5. The van der Waals surface area contributed by atoms with E-state index in [1.807, 2.05) is 19.1 Å². The van der Waals surface area contributed by atoms with Gasteiger partial charge in [-0.3, -0.25) is 9.59 Å². The van der Waals surface area contributed by atoms with Crippen molar-refractivity contribution in [2.24, 2.45) is 5.10 Å². The van der Waals surface area contributed by atoms with Gasteiger partial charge in [-0.15, -0.1) is 0 Å². The molecule has 7 nitrogen and oxygen atoms in total. The first-order valence-electron chi connectivity index (χ1n) is 9.71. The normalized spacial score (nSPS) is 10.6. The molecule has 0 aliphatic carbocycles. The second-order valence-corrected chi connectivity index (χ2v) is 7.15. The summed E-state index contributed by atoms with van der Waals surface area (Å²) >= 11 is 6.08. The zero-order valence-electron chi connectivity index (χ0n) is 17.6. The van der Waals surface area contributed by atoms with Crippen LogP contribution in [-0.2, 0) is 4.79 Å². The maximum Gasteiger partial charge on any atom is 0.277 e. The fraction of sp³-hybridized carbons (Fsp3) is 0.125. The lowest BCUT2D eigenvalue weighted by atomic mass is 10.1. The van der Waals surface area contributed by atoms with E-state index in [0.29, 0.717) is 22.0 Å². The summed E-state index contributed by atoms with van der Waals surface area (Å²) in [4.78, 5) is 24.3. The number of benzene rings is 3. The molecule has 3 rings (SSSR count). The van der Waals surface area contributed by atoms with Crippen molar-refractivity contribution in [2.45, 2.75) is 6.92 Å². The smallest absolute Gasteiger partial charge is 0.277 e. The van der Waals surface area contributed by atoms with Crippen molar-refractivity contribution in [1.29, 1.82) is 0 Å². The third-order valence-electron chi connectivity index (χ3n) is 4.52. The van der Waals surface area contributed by atoms with E-state index in [9.17, 15) is 9.59 Å². The molecule has 0 heterocycles. The second kappa shape index (κ2) is 11.0. The number of methoxy groups -OCH3 is 1. The summed E-state index contributed by atoms with van der Waals surface area (Å²) in [5.41, 5.74) is 5.10. The van der Waals surface area contributed by atoms with Crippen LogP contribution in [0.2, 0.25) is 5.02 Å². The lowest BCUT2D eigenvalue weighted by Crippen LogP contribution is -2.24. The van der Waals surface area contributed by atoms with Crippen molar-refractivity contribution in [3.63, 3.8) is 0 Å². The van der Waals surface area contributed by atoms with Gasteiger partial charge in [-0.1, -0.05) is 17.7 Å². The van der Waals surface area contributed by atoms with Crippen LogP contribution in [0.1, 0.15) is 21.5 Å². The third kappa shape index (κ3) is 6.33. The minimum atomic E-state index is -0.409. The second-order valence-electron chi connectivity index (χ2n) is 6.75. The molecule has 2 N–H and O–H groups in total. The Balaban J connectivity index is 1.47. The molecule has 0 aliphatic heterocycles. The Morgan fingerprint density at radius 1 is 1.00 bits per heavy atom. The standard InChI is InChI=1S/C24H22ClN3O4/c1-16-21(25)4-3-5-22(16)27-24(30)18-8-12-20(13-9-18)32-15-23(29)28-26-14-17-6-10-19(31-2)11-7-17/h3-14H,15H2,1-2H3,(H,27,30)(H,28,29)/b26-14-. The number of amides is 2. The average molecular weight is 452 g/mol. The SMILES string of the molecule is COc1ccc(/C=N\NC(=O)COc2ccc(C(=O)Nc3cccc(Cl)c3C)cc2)cc1. The maximum absolute atomic E-state index is 12.4. The fourth-order valence-electron chi connectivity index (χ4n) is 2.69. The predicted octanol–water partition coefficient (Wildman–Crippen LogP) is 4.44. The molecule has 2 amide bonds. The molecule has 0 saturated heterocycles. The topological polar surface area (TPSA) is 89.0 Å². The van der Waals surface area contributed by atoms with Gasteiger partial charge in [0.2, 0.25) is 0 Å². The van der Waals surface area contributed by atoms with E-state index in [1.165, 1.54) is 6.21 Å². The summed E-state index contributed by atoms with van der Waals surface area (Å²) in [5.74, 6) is 0.512. The van der Waals surface area contributed by atoms with Crippen molar-refractivity contribution in [3.8, 4) is 11.5 Å². The predicted molar refractivity (Wildman–Crippen MR) is 125 cm³/mol. The van der Waals surface area contributed by atoms with E-state index < -0.39 is 5.91 Å². The highest BCUT2D eigenvalue weighted by molar-refractivity contribution is 6.31. The van der Waals surface area contributed by atoms with Gasteiger partial charge in [0.05, 0.1) is 13.3 Å². The van der Waals surface area contributed by atoms with Crippen LogP contribution in [0, 0.1) is 6.92 Å². The average Bonchev–Trinajstić information content (AvgIpc) is 2.81. The van der Waals surface area contributed by atoms with Gasteiger partial charge in [0.15, 0.2) is 6.61 Å². The number of ether oxygens (including phenoxy) is 2. The third-order valence-corrected chi connectivity index (χ3v) is 4.93.